The molecule has 0 aliphatic rings. The summed E-state index contributed by atoms with van der Waals surface area (Å²) in [4.78, 5) is 3.73. The number of rotatable bonds is 3. The molecule has 0 aliphatic carbocycles. The molecule has 0 saturated carbocycles. The summed E-state index contributed by atoms with van der Waals surface area (Å²) in [6.07, 6.45) is 0.680. The van der Waals surface area contributed by atoms with Crippen molar-refractivity contribution in [2.24, 2.45) is 11.7 Å². The van der Waals surface area contributed by atoms with E-state index in [4.69, 9.17) is 27.5 Å². The van der Waals surface area contributed by atoms with Crippen LogP contribution in [0.25, 0.3) is 0 Å². The van der Waals surface area contributed by atoms with Gasteiger partial charge in [0.25, 0.3) is 6.01 Å². The second kappa shape index (κ2) is 3.78. The van der Waals surface area contributed by atoms with Gasteiger partial charge in [-0.25, -0.2) is 0 Å². The lowest BCUT2D eigenvalue weighted by Crippen LogP contribution is -2.12. The molecule has 0 spiro atoms. The van der Waals surface area contributed by atoms with Crippen LogP contribution in [-0.4, -0.2) is 11.5 Å². The van der Waals surface area contributed by atoms with Crippen LogP contribution >= 0.6 is 11.6 Å². The molecule has 68 valence electrons. The molecule has 0 aromatic carbocycles. The first kappa shape index (κ1) is 9.35. The average molecular weight is 190 g/mol. The van der Waals surface area contributed by atoms with Crippen molar-refractivity contribution in [3.8, 4) is 0 Å². The van der Waals surface area contributed by atoms with Crippen LogP contribution in [0.4, 0.5) is 6.01 Å². The molecule has 1 rings (SSSR count). The van der Waals surface area contributed by atoms with Crippen molar-refractivity contribution in [3.05, 3.63) is 10.9 Å². The maximum absolute atomic E-state index is 5.72. The number of halogens is 1. The van der Waals surface area contributed by atoms with Crippen molar-refractivity contribution in [2.75, 3.05) is 12.3 Å². The molecular formula is C7H12ClN3O. The molecule has 4 nitrogen and oxygen atoms in total. The highest BCUT2D eigenvalue weighted by Crippen LogP contribution is 2.20. The van der Waals surface area contributed by atoms with Crippen molar-refractivity contribution in [1.29, 1.82) is 0 Å². The van der Waals surface area contributed by atoms with Crippen LogP contribution in [0.2, 0.25) is 5.15 Å². The summed E-state index contributed by atoms with van der Waals surface area (Å²) in [5.41, 5.74) is 10.7. The molecule has 1 aromatic rings. The second-order valence-electron chi connectivity index (χ2n) is 2.81. The Bertz CT molecular complexity index is 261. The SMILES string of the molecule is CC(CN)Cc1oc(N)nc1Cl. The fraction of sp³-hybridized carbons (Fsp3) is 0.571. The largest absolute Gasteiger partial charge is 0.427 e. The van der Waals surface area contributed by atoms with E-state index in [2.05, 4.69) is 4.98 Å². The molecule has 1 atom stereocenters. The first-order valence-electron chi connectivity index (χ1n) is 3.74. The molecule has 4 N–H and O–H groups in total. The van der Waals surface area contributed by atoms with E-state index in [9.17, 15) is 0 Å². The lowest BCUT2D eigenvalue weighted by molar-refractivity contribution is 0.470. The highest BCUT2D eigenvalue weighted by atomic mass is 35.5. The van der Waals surface area contributed by atoms with E-state index in [0.717, 1.165) is 0 Å². The molecule has 0 aliphatic heterocycles. The Morgan fingerprint density at radius 3 is 2.75 bits per heavy atom. The van der Waals surface area contributed by atoms with Gasteiger partial charge in [-0.3, -0.25) is 0 Å². The van der Waals surface area contributed by atoms with Gasteiger partial charge in [0.2, 0.25) is 0 Å². The van der Waals surface area contributed by atoms with E-state index in [1.807, 2.05) is 6.92 Å². The van der Waals surface area contributed by atoms with Gasteiger partial charge < -0.3 is 15.9 Å². The van der Waals surface area contributed by atoms with Crippen LogP contribution < -0.4 is 11.5 Å². The summed E-state index contributed by atoms with van der Waals surface area (Å²) < 4.78 is 5.07. The molecule has 12 heavy (non-hydrogen) atoms. The number of nitrogens with zero attached hydrogens (tertiary/aromatic N) is 1. The summed E-state index contributed by atoms with van der Waals surface area (Å²) in [6.45, 7) is 2.60. The van der Waals surface area contributed by atoms with Gasteiger partial charge in [-0.2, -0.15) is 4.98 Å². The Labute approximate surface area is 75.9 Å². The summed E-state index contributed by atoms with van der Waals surface area (Å²) in [6, 6.07) is 0.110. The number of oxazole rings is 1. The Kier molecular flexibility index (Phi) is 2.94. The van der Waals surface area contributed by atoms with Crippen LogP contribution in [0.1, 0.15) is 12.7 Å². The fourth-order valence-corrected chi connectivity index (χ4v) is 1.07. The van der Waals surface area contributed by atoms with Crippen LogP contribution in [-0.2, 0) is 6.42 Å². The molecule has 1 unspecified atom stereocenters. The Morgan fingerprint density at radius 2 is 2.33 bits per heavy atom. The summed E-state index contributed by atoms with van der Waals surface area (Å²) >= 11 is 5.72. The zero-order chi connectivity index (χ0) is 9.14. The number of nitrogen functional groups attached to an aromatic ring is 1. The van der Waals surface area contributed by atoms with E-state index in [1.54, 1.807) is 0 Å². The third-order valence-electron chi connectivity index (χ3n) is 1.60. The highest BCUT2D eigenvalue weighted by Gasteiger charge is 2.11. The minimum atomic E-state index is 0.110. The Morgan fingerprint density at radius 1 is 1.67 bits per heavy atom. The molecule has 0 saturated heterocycles. The van der Waals surface area contributed by atoms with E-state index < -0.39 is 0 Å². The van der Waals surface area contributed by atoms with Crippen molar-refractivity contribution in [1.82, 2.24) is 4.98 Å². The van der Waals surface area contributed by atoms with Gasteiger partial charge in [-0.05, 0) is 12.5 Å². The van der Waals surface area contributed by atoms with Gasteiger partial charge >= 0.3 is 0 Å². The number of hydrogen-bond donors (Lipinski definition) is 2. The quantitative estimate of drug-likeness (QED) is 0.745. The zero-order valence-electron chi connectivity index (χ0n) is 6.88. The molecular weight excluding hydrogens is 178 g/mol. The molecule has 5 heteroatoms. The minimum Gasteiger partial charge on any atom is -0.427 e. The first-order valence-corrected chi connectivity index (χ1v) is 4.12. The highest BCUT2D eigenvalue weighted by molar-refractivity contribution is 6.30. The van der Waals surface area contributed by atoms with Gasteiger partial charge in [0.05, 0.1) is 0 Å². The maximum atomic E-state index is 5.72. The van der Waals surface area contributed by atoms with Crippen LogP contribution in [0.5, 0.6) is 0 Å². The molecule has 0 radical (unpaired) electrons. The topological polar surface area (TPSA) is 78.1 Å². The van der Waals surface area contributed by atoms with Gasteiger partial charge in [0.15, 0.2) is 5.15 Å². The molecule has 0 amide bonds. The number of anilines is 1. The predicted octanol–water partition coefficient (Wildman–Crippen LogP) is 1.05. The Balaban J connectivity index is 2.68. The van der Waals surface area contributed by atoms with Crippen molar-refractivity contribution in [2.45, 2.75) is 13.3 Å². The van der Waals surface area contributed by atoms with E-state index >= 15 is 0 Å². The van der Waals surface area contributed by atoms with E-state index in [0.29, 0.717) is 29.8 Å². The van der Waals surface area contributed by atoms with Crippen molar-refractivity contribution >= 4 is 17.6 Å². The normalized spacial score (nSPS) is 13.2. The lowest BCUT2D eigenvalue weighted by atomic mass is 10.1. The van der Waals surface area contributed by atoms with Gasteiger partial charge in [-0.1, -0.05) is 18.5 Å². The van der Waals surface area contributed by atoms with Crippen LogP contribution in [0, 0.1) is 5.92 Å². The molecule has 1 heterocycles. The van der Waals surface area contributed by atoms with E-state index in [-0.39, 0.29) is 6.01 Å². The number of aromatic nitrogens is 1. The van der Waals surface area contributed by atoms with E-state index in [1.165, 1.54) is 0 Å². The zero-order valence-corrected chi connectivity index (χ0v) is 7.64. The minimum absolute atomic E-state index is 0.110. The molecule has 0 fully saturated rings. The monoisotopic (exact) mass is 189 g/mol. The van der Waals surface area contributed by atoms with Gasteiger partial charge in [0.1, 0.15) is 5.76 Å². The standard InChI is InChI=1S/C7H12ClN3O/c1-4(3-9)2-5-6(8)11-7(10)12-5/h4H,2-3,9H2,1H3,(H2,10,11). The summed E-state index contributed by atoms with van der Waals surface area (Å²) in [5.74, 6) is 0.946. The summed E-state index contributed by atoms with van der Waals surface area (Å²) in [7, 11) is 0. The third-order valence-corrected chi connectivity index (χ3v) is 1.90. The predicted molar refractivity (Wildman–Crippen MR) is 47.8 cm³/mol. The number of hydrogen-bond acceptors (Lipinski definition) is 4. The second-order valence-corrected chi connectivity index (χ2v) is 3.17. The Hall–Kier alpha value is -0.740. The van der Waals surface area contributed by atoms with Crippen LogP contribution in [0.3, 0.4) is 0 Å². The molecule has 1 aromatic heterocycles. The first-order chi connectivity index (χ1) is 5.63. The molecule has 0 bridgehead atoms. The van der Waals surface area contributed by atoms with Gasteiger partial charge in [-0.15, -0.1) is 0 Å². The van der Waals surface area contributed by atoms with Crippen molar-refractivity contribution < 1.29 is 4.42 Å². The maximum Gasteiger partial charge on any atom is 0.293 e. The number of nitrogens with two attached hydrogens (primary N) is 2. The van der Waals surface area contributed by atoms with Crippen molar-refractivity contribution in [3.63, 3.8) is 0 Å². The fourth-order valence-electron chi connectivity index (χ4n) is 0.876. The van der Waals surface area contributed by atoms with Gasteiger partial charge in [0, 0.05) is 6.42 Å². The smallest absolute Gasteiger partial charge is 0.293 e. The summed E-state index contributed by atoms with van der Waals surface area (Å²) in [5, 5.41) is 0.341. The lowest BCUT2D eigenvalue weighted by Gasteiger charge is -2.03. The average Bonchev–Trinajstić information content (AvgIpc) is 2.30. The third kappa shape index (κ3) is 2.12. The van der Waals surface area contributed by atoms with Crippen LogP contribution in [0.15, 0.2) is 4.42 Å².